The molecule has 0 unspecified atom stereocenters. The number of nitrogens with zero attached hydrogens (tertiary/aromatic N) is 8. The van der Waals surface area contributed by atoms with Crippen LogP contribution in [0.4, 0.5) is 0 Å². The summed E-state index contributed by atoms with van der Waals surface area (Å²) in [6.45, 7) is 0.571. The van der Waals surface area contributed by atoms with Crippen LogP contribution in [0, 0.1) is 11.3 Å². The number of hydrogen-bond donors (Lipinski definition) is 1. The molecule has 9 heteroatoms. The molecule has 9 nitrogen and oxygen atoms in total. The van der Waals surface area contributed by atoms with Crippen molar-refractivity contribution in [1.29, 1.82) is 5.26 Å². The van der Waals surface area contributed by atoms with E-state index in [0.29, 0.717) is 17.6 Å². The largest absolute Gasteiger partial charge is 0.278 e. The highest BCUT2D eigenvalue weighted by Gasteiger charge is 2.13. The summed E-state index contributed by atoms with van der Waals surface area (Å²) in [5.41, 5.74) is 6.71. The Balaban J connectivity index is 1.39. The van der Waals surface area contributed by atoms with Gasteiger partial charge in [-0.05, 0) is 48.0 Å². The van der Waals surface area contributed by atoms with Crippen molar-refractivity contribution >= 4 is 21.9 Å². The Morgan fingerprint density at radius 1 is 1.00 bits per heavy atom. The second kappa shape index (κ2) is 7.14. The Morgan fingerprint density at radius 3 is 2.78 bits per heavy atom. The molecule has 0 aliphatic carbocycles. The summed E-state index contributed by atoms with van der Waals surface area (Å²) in [5, 5.41) is 30.2. The predicted octanol–water partition coefficient (Wildman–Crippen LogP) is 3.48. The van der Waals surface area contributed by atoms with Crippen LogP contribution in [0.2, 0.25) is 0 Å². The molecular formula is C23H15N9. The summed E-state index contributed by atoms with van der Waals surface area (Å²) in [7, 11) is 0. The van der Waals surface area contributed by atoms with Gasteiger partial charge in [0.1, 0.15) is 5.52 Å². The highest BCUT2D eigenvalue weighted by molar-refractivity contribution is 5.83. The molecule has 0 aliphatic rings. The van der Waals surface area contributed by atoms with Crippen molar-refractivity contribution in [3.8, 4) is 23.1 Å². The van der Waals surface area contributed by atoms with Crippen molar-refractivity contribution in [2.24, 2.45) is 0 Å². The molecule has 0 saturated carbocycles. The predicted molar refractivity (Wildman–Crippen MR) is 118 cm³/mol. The van der Waals surface area contributed by atoms with Crippen LogP contribution in [0.25, 0.3) is 39.0 Å². The molecule has 152 valence electrons. The third kappa shape index (κ3) is 2.98. The third-order valence-corrected chi connectivity index (χ3v) is 5.40. The van der Waals surface area contributed by atoms with Crippen LogP contribution in [0.15, 0.2) is 73.2 Å². The Bertz CT molecular complexity index is 1610. The normalized spacial score (nSPS) is 11.2. The molecule has 0 bridgehead atoms. The Kier molecular flexibility index (Phi) is 4.01. The zero-order valence-electron chi connectivity index (χ0n) is 16.7. The lowest BCUT2D eigenvalue weighted by molar-refractivity contribution is 0.693. The lowest BCUT2D eigenvalue weighted by Gasteiger charge is -2.08. The molecule has 0 radical (unpaired) electrons. The van der Waals surface area contributed by atoms with Crippen molar-refractivity contribution in [2.75, 3.05) is 0 Å². The molecular weight excluding hydrogens is 402 g/mol. The van der Waals surface area contributed by atoms with Crippen molar-refractivity contribution in [2.45, 2.75) is 6.54 Å². The second-order valence-electron chi connectivity index (χ2n) is 7.38. The first-order valence-electron chi connectivity index (χ1n) is 9.95. The number of nitriles is 1. The fraction of sp³-hybridized carbons (Fsp3) is 0.0435. The van der Waals surface area contributed by atoms with Gasteiger partial charge in [0, 0.05) is 11.6 Å². The van der Waals surface area contributed by atoms with Crippen molar-refractivity contribution in [3.05, 3.63) is 84.3 Å². The first kappa shape index (κ1) is 18.0. The number of aromatic nitrogens is 8. The highest BCUT2D eigenvalue weighted by Crippen LogP contribution is 2.24. The van der Waals surface area contributed by atoms with E-state index < -0.39 is 0 Å². The van der Waals surface area contributed by atoms with E-state index in [0.717, 1.165) is 39.1 Å². The molecule has 1 N–H and O–H groups in total. The number of hydrogen-bond acceptors (Lipinski definition) is 6. The van der Waals surface area contributed by atoms with Gasteiger partial charge in [-0.25, -0.2) is 4.68 Å². The summed E-state index contributed by atoms with van der Waals surface area (Å²) in [6.07, 6.45) is 5.27. The van der Waals surface area contributed by atoms with Gasteiger partial charge in [-0.2, -0.15) is 15.5 Å². The van der Waals surface area contributed by atoms with Gasteiger partial charge in [-0.15, -0.1) is 5.10 Å². The topological polar surface area (TPSA) is 114 Å². The van der Waals surface area contributed by atoms with E-state index in [-0.39, 0.29) is 0 Å². The lowest BCUT2D eigenvalue weighted by Crippen LogP contribution is -2.04. The molecule has 4 heterocycles. The van der Waals surface area contributed by atoms with Gasteiger partial charge in [-0.3, -0.25) is 14.8 Å². The number of H-pyrrole nitrogens is 1. The zero-order chi connectivity index (χ0) is 21.5. The van der Waals surface area contributed by atoms with E-state index in [2.05, 4.69) is 36.7 Å². The quantitative estimate of drug-likeness (QED) is 0.470. The summed E-state index contributed by atoms with van der Waals surface area (Å²) in [6, 6.07) is 19.5. The molecule has 4 aromatic heterocycles. The average molecular weight is 417 g/mol. The number of pyridine rings is 1. The van der Waals surface area contributed by atoms with Gasteiger partial charge >= 0.3 is 0 Å². The third-order valence-electron chi connectivity index (χ3n) is 5.40. The number of benzene rings is 2. The average Bonchev–Trinajstić information content (AvgIpc) is 3.58. The highest BCUT2D eigenvalue weighted by atomic mass is 15.4. The van der Waals surface area contributed by atoms with E-state index >= 15 is 0 Å². The Hall–Kier alpha value is -4.84. The van der Waals surface area contributed by atoms with Crippen LogP contribution in [0.1, 0.15) is 11.1 Å². The van der Waals surface area contributed by atoms with E-state index in [1.54, 1.807) is 23.3 Å². The molecule has 32 heavy (non-hydrogen) atoms. The SMILES string of the molecule is N#Cc1ccc(Cn2nccc2-c2cc3c(cn2)nnn3-c2ccc3cn[nH]c3c2)cc1. The van der Waals surface area contributed by atoms with Gasteiger partial charge < -0.3 is 0 Å². The molecule has 0 atom stereocenters. The maximum atomic E-state index is 9.00. The van der Waals surface area contributed by atoms with Gasteiger partial charge in [-0.1, -0.05) is 17.3 Å². The number of nitrogens with one attached hydrogen (secondary N) is 1. The maximum absolute atomic E-state index is 9.00. The fourth-order valence-corrected chi connectivity index (χ4v) is 3.75. The van der Waals surface area contributed by atoms with Gasteiger partial charge in [0.25, 0.3) is 0 Å². The summed E-state index contributed by atoms with van der Waals surface area (Å²) >= 11 is 0. The van der Waals surface area contributed by atoms with E-state index in [9.17, 15) is 0 Å². The van der Waals surface area contributed by atoms with Crippen LogP contribution in [0.3, 0.4) is 0 Å². The van der Waals surface area contributed by atoms with Crippen LogP contribution >= 0.6 is 0 Å². The van der Waals surface area contributed by atoms with E-state index in [1.807, 2.05) is 59.3 Å². The smallest absolute Gasteiger partial charge is 0.131 e. The maximum Gasteiger partial charge on any atom is 0.131 e. The van der Waals surface area contributed by atoms with Crippen molar-refractivity contribution in [3.63, 3.8) is 0 Å². The van der Waals surface area contributed by atoms with Crippen LogP contribution < -0.4 is 0 Å². The van der Waals surface area contributed by atoms with E-state index in [1.165, 1.54) is 0 Å². The number of aromatic amines is 1. The first-order chi connectivity index (χ1) is 15.8. The lowest BCUT2D eigenvalue weighted by atomic mass is 10.1. The van der Waals surface area contributed by atoms with Gasteiger partial charge in [0.2, 0.25) is 0 Å². The molecule has 0 fully saturated rings. The Morgan fingerprint density at radius 2 is 1.91 bits per heavy atom. The monoisotopic (exact) mass is 417 g/mol. The number of fused-ring (bicyclic) bond motifs is 2. The van der Waals surface area contributed by atoms with Crippen LogP contribution in [-0.2, 0) is 6.54 Å². The van der Waals surface area contributed by atoms with Gasteiger partial charge in [0.15, 0.2) is 0 Å². The summed E-state index contributed by atoms with van der Waals surface area (Å²) in [5.74, 6) is 0. The Labute approximate surface area is 181 Å². The number of rotatable bonds is 4. The van der Waals surface area contributed by atoms with Crippen LogP contribution in [-0.4, -0.2) is 40.0 Å². The summed E-state index contributed by atoms with van der Waals surface area (Å²) in [4.78, 5) is 4.59. The molecule has 6 rings (SSSR count). The standard InChI is InChI=1S/C23H15N9/c24-11-15-1-3-16(4-2-15)14-31-22(7-8-27-31)20-10-23-21(13-25-20)29-30-32(23)18-6-5-17-12-26-28-19(17)9-18/h1-10,12-13H,14H2,(H,26,28). The van der Waals surface area contributed by atoms with Crippen molar-refractivity contribution in [1.82, 2.24) is 40.0 Å². The van der Waals surface area contributed by atoms with Crippen molar-refractivity contribution < 1.29 is 0 Å². The second-order valence-corrected chi connectivity index (χ2v) is 7.38. The molecule has 6 aromatic rings. The van der Waals surface area contributed by atoms with Crippen LogP contribution in [0.5, 0.6) is 0 Å². The molecule has 0 amide bonds. The minimum atomic E-state index is 0.571. The molecule has 0 saturated heterocycles. The fourth-order valence-electron chi connectivity index (χ4n) is 3.75. The summed E-state index contributed by atoms with van der Waals surface area (Å²) < 4.78 is 3.68. The molecule has 0 spiro atoms. The minimum Gasteiger partial charge on any atom is -0.278 e. The van der Waals surface area contributed by atoms with Gasteiger partial charge in [0.05, 0.1) is 58.7 Å². The minimum absolute atomic E-state index is 0.571. The molecule has 2 aromatic carbocycles. The van der Waals surface area contributed by atoms with E-state index in [4.69, 9.17) is 5.26 Å². The zero-order valence-corrected chi connectivity index (χ0v) is 16.7. The molecule has 0 aliphatic heterocycles. The first-order valence-corrected chi connectivity index (χ1v) is 9.95.